The van der Waals surface area contributed by atoms with E-state index < -0.39 is 0 Å². The van der Waals surface area contributed by atoms with E-state index in [9.17, 15) is 4.79 Å². The number of hydrogen-bond acceptors (Lipinski definition) is 4. The Morgan fingerprint density at radius 3 is 2.74 bits per heavy atom. The zero-order valence-corrected chi connectivity index (χ0v) is 12.4. The number of anilines is 1. The lowest BCUT2D eigenvalue weighted by Gasteiger charge is -2.05. The van der Waals surface area contributed by atoms with Gasteiger partial charge >= 0.3 is 0 Å². The highest BCUT2D eigenvalue weighted by molar-refractivity contribution is 6.07. The van der Waals surface area contributed by atoms with Gasteiger partial charge in [0, 0.05) is 11.3 Å². The molecule has 0 aliphatic carbocycles. The predicted octanol–water partition coefficient (Wildman–Crippen LogP) is 3.77. The van der Waals surface area contributed by atoms with E-state index >= 15 is 0 Å². The Balaban J connectivity index is 1.88. The largest absolute Gasteiger partial charge is 0.355 e. The zero-order valence-electron chi connectivity index (χ0n) is 12.4. The van der Waals surface area contributed by atoms with Crippen molar-refractivity contribution < 1.29 is 9.32 Å². The molecular weight excluding hydrogens is 290 g/mol. The Bertz CT molecular complexity index is 889. The fraction of sp³-hybridized carbons (Fsp3) is 0.0556. The normalized spacial score (nSPS) is 10.1. The van der Waals surface area contributed by atoms with Crippen molar-refractivity contribution in [2.24, 2.45) is 0 Å². The van der Waals surface area contributed by atoms with Gasteiger partial charge in [-0.05, 0) is 25.1 Å². The number of carbonyl (C=O) groups is 1. The lowest BCUT2D eigenvalue weighted by atomic mass is 10.1. The first-order valence-electron chi connectivity index (χ1n) is 7.00. The summed E-state index contributed by atoms with van der Waals surface area (Å²) in [5.74, 6) is 0.0795. The van der Waals surface area contributed by atoms with Gasteiger partial charge in [0.25, 0.3) is 5.91 Å². The number of nitrogens with zero attached hydrogens (tertiary/aromatic N) is 2. The van der Waals surface area contributed by atoms with Crippen LogP contribution in [0.5, 0.6) is 0 Å². The van der Waals surface area contributed by atoms with E-state index in [2.05, 4.69) is 10.5 Å². The summed E-state index contributed by atoms with van der Waals surface area (Å²) >= 11 is 0. The lowest BCUT2D eigenvalue weighted by molar-refractivity contribution is 0.102. The Hall–Kier alpha value is -3.39. The predicted molar refractivity (Wildman–Crippen MR) is 85.8 cm³/mol. The molecule has 3 rings (SSSR count). The molecular formula is C18H13N3O2. The smallest absolute Gasteiger partial charge is 0.261 e. The number of rotatable bonds is 3. The molecule has 1 aromatic heterocycles. The summed E-state index contributed by atoms with van der Waals surface area (Å²) in [6.45, 7) is 1.99. The third-order valence-electron chi connectivity index (χ3n) is 3.38. The van der Waals surface area contributed by atoms with Gasteiger partial charge in [-0.1, -0.05) is 41.1 Å². The van der Waals surface area contributed by atoms with E-state index in [0.717, 1.165) is 11.1 Å². The van der Waals surface area contributed by atoms with Crippen LogP contribution in [0.3, 0.4) is 0 Å². The number of hydrogen-bond donors (Lipinski definition) is 1. The Morgan fingerprint density at radius 1 is 1.22 bits per heavy atom. The Labute approximate surface area is 133 Å². The molecule has 0 unspecified atom stereocenters. The number of carbonyl (C=O) groups excluding carboxylic acids is 1. The van der Waals surface area contributed by atoms with Crippen LogP contribution in [-0.2, 0) is 0 Å². The second-order valence-corrected chi connectivity index (χ2v) is 5.08. The first-order valence-corrected chi connectivity index (χ1v) is 7.00. The molecule has 0 fully saturated rings. The average molecular weight is 303 g/mol. The van der Waals surface area contributed by atoms with Gasteiger partial charge in [-0.15, -0.1) is 0 Å². The Kier molecular flexibility index (Phi) is 3.89. The van der Waals surface area contributed by atoms with Gasteiger partial charge in [-0.3, -0.25) is 4.79 Å². The van der Waals surface area contributed by atoms with Crippen molar-refractivity contribution in [1.29, 1.82) is 5.26 Å². The van der Waals surface area contributed by atoms with Crippen LogP contribution in [0.1, 0.15) is 21.5 Å². The summed E-state index contributed by atoms with van der Waals surface area (Å²) in [4.78, 5) is 12.4. The van der Waals surface area contributed by atoms with Crippen LogP contribution in [0, 0.1) is 18.3 Å². The second kappa shape index (κ2) is 6.16. The number of aromatic nitrogens is 1. The van der Waals surface area contributed by atoms with Gasteiger partial charge in [0.05, 0.1) is 17.8 Å². The molecule has 112 valence electrons. The molecule has 0 saturated carbocycles. The first-order chi connectivity index (χ1) is 11.2. The van der Waals surface area contributed by atoms with Gasteiger partial charge in [-0.25, -0.2) is 0 Å². The molecule has 2 aromatic carbocycles. The second-order valence-electron chi connectivity index (χ2n) is 5.08. The van der Waals surface area contributed by atoms with Crippen LogP contribution in [0.15, 0.2) is 59.3 Å². The highest BCUT2D eigenvalue weighted by Crippen LogP contribution is 2.24. The summed E-state index contributed by atoms with van der Waals surface area (Å²) in [6, 6.07) is 16.4. The quantitative estimate of drug-likeness (QED) is 0.798. The summed E-state index contributed by atoms with van der Waals surface area (Å²) < 4.78 is 5.23. The molecule has 0 radical (unpaired) electrons. The van der Waals surface area contributed by atoms with E-state index in [4.69, 9.17) is 9.78 Å². The van der Waals surface area contributed by atoms with Crippen molar-refractivity contribution in [3.63, 3.8) is 0 Å². The number of amides is 1. The molecule has 1 amide bonds. The van der Waals surface area contributed by atoms with Gasteiger partial charge in [-0.2, -0.15) is 5.26 Å². The third-order valence-corrected chi connectivity index (χ3v) is 3.38. The van der Waals surface area contributed by atoms with Crippen molar-refractivity contribution in [1.82, 2.24) is 5.16 Å². The number of nitrogens with one attached hydrogen (secondary N) is 1. The maximum absolute atomic E-state index is 12.4. The molecule has 0 saturated heterocycles. The number of benzene rings is 2. The van der Waals surface area contributed by atoms with Gasteiger partial charge in [0.2, 0.25) is 0 Å². The van der Waals surface area contributed by atoms with E-state index in [0.29, 0.717) is 22.6 Å². The van der Waals surface area contributed by atoms with Crippen LogP contribution in [0.25, 0.3) is 11.3 Å². The molecule has 0 bridgehead atoms. The minimum atomic E-state index is -0.336. The molecule has 1 heterocycles. The van der Waals surface area contributed by atoms with E-state index in [-0.39, 0.29) is 5.91 Å². The molecule has 0 aliphatic rings. The summed E-state index contributed by atoms with van der Waals surface area (Å²) in [7, 11) is 0. The summed E-state index contributed by atoms with van der Waals surface area (Å²) in [6.07, 6.45) is 1.39. The highest BCUT2D eigenvalue weighted by Gasteiger charge is 2.18. The van der Waals surface area contributed by atoms with Crippen molar-refractivity contribution in [2.45, 2.75) is 6.92 Å². The molecule has 0 spiro atoms. The molecule has 0 atom stereocenters. The molecule has 5 nitrogen and oxygen atoms in total. The fourth-order valence-corrected chi connectivity index (χ4v) is 2.18. The van der Waals surface area contributed by atoms with Crippen LogP contribution >= 0.6 is 0 Å². The van der Waals surface area contributed by atoms with Gasteiger partial charge in [0.15, 0.2) is 5.76 Å². The summed E-state index contributed by atoms with van der Waals surface area (Å²) in [5, 5.41) is 15.4. The van der Waals surface area contributed by atoms with Crippen LogP contribution in [-0.4, -0.2) is 11.1 Å². The minimum absolute atomic E-state index is 0.336. The maximum Gasteiger partial charge on any atom is 0.261 e. The van der Waals surface area contributed by atoms with Crippen molar-refractivity contribution in [3.05, 3.63) is 71.4 Å². The van der Waals surface area contributed by atoms with Gasteiger partial charge in [0.1, 0.15) is 5.56 Å². The molecule has 0 aliphatic heterocycles. The van der Waals surface area contributed by atoms with E-state index in [1.165, 1.54) is 6.20 Å². The monoisotopic (exact) mass is 303 g/mol. The maximum atomic E-state index is 12.4. The standard InChI is InChI=1S/C18H13N3O2/c1-12-5-7-14(8-6-12)17-16(11-20-23-17)18(22)21-15-4-2-3-13(9-15)10-19/h2-9,11H,1H3,(H,21,22). The molecule has 5 heteroatoms. The molecule has 1 N–H and O–H groups in total. The van der Waals surface area contributed by atoms with Crippen LogP contribution in [0.4, 0.5) is 5.69 Å². The highest BCUT2D eigenvalue weighted by atomic mass is 16.5. The minimum Gasteiger partial charge on any atom is -0.355 e. The van der Waals surface area contributed by atoms with E-state index in [1.807, 2.05) is 37.3 Å². The first kappa shape index (κ1) is 14.5. The third kappa shape index (κ3) is 3.11. The van der Waals surface area contributed by atoms with Crippen molar-refractivity contribution in [2.75, 3.05) is 5.32 Å². The van der Waals surface area contributed by atoms with Crippen molar-refractivity contribution in [3.8, 4) is 17.4 Å². The summed E-state index contributed by atoms with van der Waals surface area (Å²) in [5.41, 5.74) is 3.27. The molecule has 3 aromatic rings. The lowest BCUT2D eigenvalue weighted by Crippen LogP contribution is -2.12. The zero-order chi connectivity index (χ0) is 16.2. The Morgan fingerprint density at radius 2 is 2.00 bits per heavy atom. The van der Waals surface area contributed by atoms with Crippen LogP contribution < -0.4 is 5.32 Å². The fourth-order valence-electron chi connectivity index (χ4n) is 2.18. The van der Waals surface area contributed by atoms with Crippen LogP contribution in [0.2, 0.25) is 0 Å². The van der Waals surface area contributed by atoms with Crippen molar-refractivity contribution >= 4 is 11.6 Å². The van der Waals surface area contributed by atoms with Gasteiger partial charge < -0.3 is 9.84 Å². The topological polar surface area (TPSA) is 78.9 Å². The van der Waals surface area contributed by atoms with E-state index in [1.54, 1.807) is 24.3 Å². The average Bonchev–Trinajstić information content (AvgIpc) is 3.05. The number of aryl methyl sites for hydroxylation is 1. The molecule has 23 heavy (non-hydrogen) atoms. The number of nitriles is 1. The SMILES string of the molecule is Cc1ccc(-c2oncc2C(=O)Nc2cccc(C#N)c2)cc1.